The molecular weight excluding hydrogens is 248 g/mol. The van der Waals surface area contributed by atoms with Gasteiger partial charge in [-0.15, -0.1) is 0 Å². The summed E-state index contributed by atoms with van der Waals surface area (Å²) in [5.74, 6) is 0.852. The van der Waals surface area contributed by atoms with Gasteiger partial charge < -0.3 is 10.5 Å². The highest BCUT2D eigenvalue weighted by Gasteiger charge is 2.17. The summed E-state index contributed by atoms with van der Waals surface area (Å²) in [5, 5.41) is 0. The molecule has 0 fully saturated rings. The Morgan fingerprint density at radius 1 is 1.15 bits per heavy atom. The summed E-state index contributed by atoms with van der Waals surface area (Å²) >= 11 is 0. The maximum absolute atomic E-state index is 5.73. The standard InChI is InChI=1S/C17H22N2O/c1-4-17(2,3)13-5-7-16(8-6-13)20-12-15-11-14(18)9-10-19-15/h5-11H,4,12H2,1-3H3,(H2,18,19). The van der Waals surface area contributed by atoms with Crippen molar-refractivity contribution < 1.29 is 4.74 Å². The van der Waals surface area contributed by atoms with Crippen molar-refractivity contribution in [3.63, 3.8) is 0 Å². The molecule has 2 aromatic rings. The summed E-state index contributed by atoms with van der Waals surface area (Å²) < 4.78 is 5.73. The van der Waals surface area contributed by atoms with E-state index in [2.05, 4.69) is 37.9 Å². The topological polar surface area (TPSA) is 48.1 Å². The number of nitrogens with zero attached hydrogens (tertiary/aromatic N) is 1. The molecule has 0 aliphatic heterocycles. The Balaban J connectivity index is 2.01. The first-order valence-corrected chi connectivity index (χ1v) is 6.95. The van der Waals surface area contributed by atoms with Gasteiger partial charge in [-0.2, -0.15) is 0 Å². The van der Waals surface area contributed by atoms with Crippen LogP contribution >= 0.6 is 0 Å². The average Bonchev–Trinajstić information content (AvgIpc) is 2.46. The lowest BCUT2D eigenvalue weighted by atomic mass is 9.82. The largest absolute Gasteiger partial charge is 0.487 e. The number of rotatable bonds is 5. The lowest BCUT2D eigenvalue weighted by Crippen LogP contribution is -2.15. The van der Waals surface area contributed by atoms with E-state index in [0.717, 1.165) is 17.9 Å². The molecule has 0 radical (unpaired) electrons. The van der Waals surface area contributed by atoms with Crippen molar-refractivity contribution in [3.8, 4) is 5.75 Å². The van der Waals surface area contributed by atoms with Crippen LogP contribution in [0.15, 0.2) is 42.6 Å². The first-order valence-electron chi connectivity index (χ1n) is 6.95. The van der Waals surface area contributed by atoms with Gasteiger partial charge in [0.15, 0.2) is 0 Å². The molecule has 106 valence electrons. The predicted octanol–water partition coefficient (Wildman–Crippen LogP) is 3.93. The molecule has 0 unspecified atom stereocenters. The minimum Gasteiger partial charge on any atom is -0.487 e. The van der Waals surface area contributed by atoms with Gasteiger partial charge in [-0.1, -0.05) is 32.9 Å². The molecule has 0 saturated carbocycles. The lowest BCUT2D eigenvalue weighted by molar-refractivity contribution is 0.301. The van der Waals surface area contributed by atoms with Crippen molar-refractivity contribution in [2.75, 3.05) is 5.73 Å². The Bertz CT molecular complexity index is 561. The van der Waals surface area contributed by atoms with Gasteiger partial charge in [-0.05, 0) is 41.7 Å². The van der Waals surface area contributed by atoms with Crippen LogP contribution in [0, 0.1) is 0 Å². The highest BCUT2D eigenvalue weighted by Crippen LogP contribution is 2.28. The molecule has 0 spiro atoms. The second-order valence-corrected chi connectivity index (χ2v) is 5.63. The molecule has 0 aliphatic rings. The van der Waals surface area contributed by atoms with Crippen molar-refractivity contribution in [2.45, 2.75) is 39.2 Å². The molecule has 2 N–H and O–H groups in total. The number of hydrogen-bond acceptors (Lipinski definition) is 3. The highest BCUT2D eigenvalue weighted by atomic mass is 16.5. The number of benzene rings is 1. The van der Waals surface area contributed by atoms with Crippen molar-refractivity contribution >= 4 is 5.69 Å². The molecule has 2 rings (SSSR count). The third kappa shape index (κ3) is 3.50. The van der Waals surface area contributed by atoms with Crippen LogP contribution in [0.4, 0.5) is 5.69 Å². The smallest absolute Gasteiger partial charge is 0.130 e. The Labute approximate surface area is 120 Å². The fraction of sp³-hybridized carbons (Fsp3) is 0.353. The zero-order valence-electron chi connectivity index (χ0n) is 12.4. The Hall–Kier alpha value is -2.03. The zero-order valence-corrected chi connectivity index (χ0v) is 12.4. The zero-order chi connectivity index (χ0) is 14.6. The molecule has 0 bridgehead atoms. The summed E-state index contributed by atoms with van der Waals surface area (Å²) in [5.41, 5.74) is 8.79. The minimum atomic E-state index is 0.202. The van der Waals surface area contributed by atoms with E-state index >= 15 is 0 Å². The van der Waals surface area contributed by atoms with E-state index in [-0.39, 0.29) is 5.41 Å². The van der Waals surface area contributed by atoms with Crippen LogP contribution in [-0.2, 0) is 12.0 Å². The number of pyridine rings is 1. The number of hydrogen-bond donors (Lipinski definition) is 1. The van der Waals surface area contributed by atoms with E-state index in [1.807, 2.05) is 18.2 Å². The van der Waals surface area contributed by atoms with Gasteiger partial charge in [-0.3, -0.25) is 4.98 Å². The number of aromatic nitrogens is 1. The van der Waals surface area contributed by atoms with Crippen molar-refractivity contribution in [1.29, 1.82) is 0 Å². The van der Waals surface area contributed by atoms with Crippen LogP contribution in [0.1, 0.15) is 38.4 Å². The Kier molecular flexibility index (Phi) is 4.28. The molecule has 0 amide bonds. The molecule has 1 aromatic carbocycles. The molecule has 1 aromatic heterocycles. The van der Waals surface area contributed by atoms with Crippen molar-refractivity contribution in [1.82, 2.24) is 4.98 Å². The van der Waals surface area contributed by atoms with E-state index in [9.17, 15) is 0 Å². The van der Waals surface area contributed by atoms with Gasteiger partial charge in [0.05, 0.1) is 5.69 Å². The molecule has 0 aliphatic carbocycles. The molecule has 0 atom stereocenters. The molecule has 20 heavy (non-hydrogen) atoms. The first-order chi connectivity index (χ1) is 9.51. The summed E-state index contributed by atoms with van der Waals surface area (Å²) in [6.45, 7) is 7.14. The third-order valence-electron chi connectivity index (χ3n) is 3.75. The quantitative estimate of drug-likeness (QED) is 0.895. The van der Waals surface area contributed by atoms with Crippen molar-refractivity contribution in [3.05, 3.63) is 53.9 Å². The van der Waals surface area contributed by atoms with Gasteiger partial charge in [0.2, 0.25) is 0 Å². The van der Waals surface area contributed by atoms with Gasteiger partial charge in [0.25, 0.3) is 0 Å². The van der Waals surface area contributed by atoms with Crippen LogP contribution in [-0.4, -0.2) is 4.98 Å². The first kappa shape index (κ1) is 14.4. The van der Waals surface area contributed by atoms with Gasteiger partial charge in [-0.25, -0.2) is 0 Å². The maximum Gasteiger partial charge on any atom is 0.130 e. The van der Waals surface area contributed by atoms with E-state index in [4.69, 9.17) is 10.5 Å². The maximum atomic E-state index is 5.73. The fourth-order valence-corrected chi connectivity index (χ4v) is 1.94. The molecule has 1 heterocycles. The van der Waals surface area contributed by atoms with Gasteiger partial charge in [0.1, 0.15) is 12.4 Å². The van der Waals surface area contributed by atoms with E-state index in [0.29, 0.717) is 12.3 Å². The van der Waals surface area contributed by atoms with Crippen molar-refractivity contribution in [2.24, 2.45) is 0 Å². The van der Waals surface area contributed by atoms with Crippen LogP contribution in [0.2, 0.25) is 0 Å². The second-order valence-electron chi connectivity index (χ2n) is 5.63. The summed E-state index contributed by atoms with van der Waals surface area (Å²) in [4.78, 5) is 4.22. The van der Waals surface area contributed by atoms with Crippen LogP contribution < -0.4 is 10.5 Å². The summed E-state index contributed by atoms with van der Waals surface area (Å²) in [6.07, 6.45) is 2.81. The SMILES string of the molecule is CCC(C)(C)c1ccc(OCc2cc(N)ccn2)cc1. The highest BCUT2D eigenvalue weighted by molar-refractivity contribution is 5.37. The van der Waals surface area contributed by atoms with Crippen LogP contribution in [0.5, 0.6) is 5.75 Å². The minimum absolute atomic E-state index is 0.202. The average molecular weight is 270 g/mol. The summed E-state index contributed by atoms with van der Waals surface area (Å²) in [7, 11) is 0. The Morgan fingerprint density at radius 2 is 1.85 bits per heavy atom. The van der Waals surface area contributed by atoms with Gasteiger partial charge >= 0.3 is 0 Å². The summed E-state index contributed by atoms with van der Waals surface area (Å²) in [6, 6.07) is 11.9. The van der Waals surface area contributed by atoms with Gasteiger partial charge in [0, 0.05) is 11.9 Å². The van der Waals surface area contributed by atoms with E-state index in [1.165, 1.54) is 5.56 Å². The number of anilines is 1. The van der Waals surface area contributed by atoms with Crippen LogP contribution in [0.3, 0.4) is 0 Å². The fourth-order valence-electron chi connectivity index (χ4n) is 1.94. The Morgan fingerprint density at radius 3 is 2.45 bits per heavy atom. The number of ether oxygens (including phenoxy) is 1. The lowest BCUT2D eigenvalue weighted by Gasteiger charge is -2.23. The number of nitrogen functional groups attached to an aromatic ring is 1. The second kappa shape index (κ2) is 5.95. The predicted molar refractivity (Wildman–Crippen MR) is 82.7 cm³/mol. The normalized spacial score (nSPS) is 11.3. The molecule has 0 saturated heterocycles. The third-order valence-corrected chi connectivity index (χ3v) is 3.75. The van der Waals surface area contributed by atoms with E-state index < -0.39 is 0 Å². The van der Waals surface area contributed by atoms with E-state index in [1.54, 1.807) is 12.3 Å². The number of nitrogens with two attached hydrogens (primary N) is 1. The van der Waals surface area contributed by atoms with Crippen LogP contribution in [0.25, 0.3) is 0 Å². The monoisotopic (exact) mass is 270 g/mol. The molecule has 3 nitrogen and oxygen atoms in total. The molecule has 3 heteroatoms. The molecular formula is C17H22N2O.